The number of ether oxygens (including phenoxy) is 1. The van der Waals surface area contributed by atoms with Crippen LogP contribution in [0.25, 0.3) is 11.6 Å². The number of hydrogen-bond acceptors (Lipinski definition) is 7. The Morgan fingerprint density at radius 1 is 1.36 bits per heavy atom. The molecule has 8 heteroatoms. The van der Waals surface area contributed by atoms with Crippen molar-refractivity contribution in [1.29, 1.82) is 0 Å². The number of carbonyl (C=O) groups excluding carboxylic acids is 1. The first kappa shape index (κ1) is 21.0. The van der Waals surface area contributed by atoms with Gasteiger partial charge in [-0.25, -0.2) is 4.98 Å². The van der Waals surface area contributed by atoms with Crippen LogP contribution in [0, 0.1) is 11.8 Å². The van der Waals surface area contributed by atoms with Gasteiger partial charge in [0.1, 0.15) is 12.0 Å². The maximum Gasteiger partial charge on any atom is 0.246 e. The Morgan fingerprint density at radius 2 is 2.30 bits per heavy atom. The van der Waals surface area contributed by atoms with E-state index in [4.69, 9.17) is 4.74 Å². The highest BCUT2D eigenvalue weighted by Crippen LogP contribution is 2.41. The number of fused-ring (bicyclic) bond motifs is 3. The monoisotopic (exact) mass is 464 g/mol. The van der Waals surface area contributed by atoms with Crippen LogP contribution in [0.3, 0.4) is 0 Å². The fourth-order valence-electron chi connectivity index (χ4n) is 5.49. The molecule has 3 aliphatic heterocycles. The first-order valence-corrected chi connectivity index (χ1v) is 12.5. The fourth-order valence-corrected chi connectivity index (χ4v) is 6.17. The summed E-state index contributed by atoms with van der Waals surface area (Å²) in [6.45, 7) is 4.27. The summed E-state index contributed by atoms with van der Waals surface area (Å²) in [5, 5.41) is 17.9. The predicted molar refractivity (Wildman–Crippen MR) is 128 cm³/mol. The van der Waals surface area contributed by atoms with E-state index in [1.54, 1.807) is 23.6 Å². The second kappa shape index (κ2) is 8.68. The van der Waals surface area contributed by atoms with E-state index in [1.807, 2.05) is 11.0 Å². The van der Waals surface area contributed by atoms with Crippen molar-refractivity contribution in [2.45, 2.75) is 25.2 Å². The minimum Gasteiger partial charge on any atom is -0.378 e. The summed E-state index contributed by atoms with van der Waals surface area (Å²) in [6.07, 6.45) is 7.99. The van der Waals surface area contributed by atoms with Gasteiger partial charge in [0.2, 0.25) is 5.91 Å². The number of morpholine rings is 1. The SMILES string of the molecule is O=C(C=Cc1cnc2c(c1)CN1CCOCC1C(O)N2)N1CC2C=C(c3ccsc3)CC2C1. The molecule has 1 amide bonds. The van der Waals surface area contributed by atoms with Crippen LogP contribution in [-0.4, -0.2) is 70.9 Å². The van der Waals surface area contributed by atoms with Gasteiger partial charge in [0.15, 0.2) is 0 Å². The lowest BCUT2D eigenvalue weighted by Crippen LogP contribution is -2.52. The molecule has 33 heavy (non-hydrogen) atoms. The lowest BCUT2D eigenvalue weighted by atomic mass is 9.99. The minimum absolute atomic E-state index is 0.0617. The summed E-state index contributed by atoms with van der Waals surface area (Å²) in [5.74, 6) is 1.75. The summed E-state index contributed by atoms with van der Waals surface area (Å²) in [6, 6.07) is 4.16. The van der Waals surface area contributed by atoms with E-state index in [-0.39, 0.29) is 11.9 Å². The van der Waals surface area contributed by atoms with E-state index in [0.29, 0.717) is 37.4 Å². The van der Waals surface area contributed by atoms with E-state index in [2.05, 4.69) is 44.2 Å². The molecular weight excluding hydrogens is 436 g/mol. The van der Waals surface area contributed by atoms with Crippen LogP contribution >= 0.6 is 11.3 Å². The number of aliphatic hydroxyl groups excluding tert-OH is 1. The molecule has 5 heterocycles. The third-order valence-corrected chi connectivity index (χ3v) is 7.98. The molecule has 0 radical (unpaired) electrons. The van der Waals surface area contributed by atoms with Crippen LogP contribution in [0.5, 0.6) is 0 Å². The predicted octanol–water partition coefficient (Wildman–Crippen LogP) is 2.66. The number of hydrogen-bond donors (Lipinski definition) is 2. The third-order valence-electron chi connectivity index (χ3n) is 7.30. The highest BCUT2D eigenvalue weighted by Gasteiger charge is 2.38. The number of anilines is 1. The Kier molecular flexibility index (Phi) is 5.54. The lowest BCUT2D eigenvalue weighted by molar-refractivity contribution is -0.125. The Labute approximate surface area is 197 Å². The van der Waals surface area contributed by atoms with Gasteiger partial charge in [0.25, 0.3) is 0 Å². The largest absolute Gasteiger partial charge is 0.378 e. The van der Waals surface area contributed by atoms with Crippen molar-refractivity contribution in [2.24, 2.45) is 11.8 Å². The van der Waals surface area contributed by atoms with Gasteiger partial charge in [-0.3, -0.25) is 9.69 Å². The number of nitrogens with zero attached hydrogens (tertiary/aromatic N) is 3. The van der Waals surface area contributed by atoms with Crippen molar-refractivity contribution in [2.75, 3.05) is 38.2 Å². The van der Waals surface area contributed by atoms with Gasteiger partial charge in [0.05, 0.1) is 19.3 Å². The van der Waals surface area contributed by atoms with Crippen molar-refractivity contribution in [3.05, 3.63) is 57.9 Å². The fraction of sp³-hybridized carbons (Fsp3) is 0.440. The Bertz CT molecular complexity index is 1100. The van der Waals surface area contributed by atoms with Gasteiger partial charge in [0, 0.05) is 44.0 Å². The first-order chi connectivity index (χ1) is 16.1. The van der Waals surface area contributed by atoms with E-state index in [1.165, 1.54) is 11.1 Å². The smallest absolute Gasteiger partial charge is 0.246 e. The van der Waals surface area contributed by atoms with Crippen molar-refractivity contribution in [1.82, 2.24) is 14.8 Å². The molecule has 7 nitrogen and oxygen atoms in total. The maximum absolute atomic E-state index is 12.9. The van der Waals surface area contributed by atoms with E-state index in [0.717, 1.165) is 37.2 Å². The average Bonchev–Trinajstić information content (AvgIpc) is 3.54. The summed E-state index contributed by atoms with van der Waals surface area (Å²) >= 11 is 1.74. The Balaban J connectivity index is 1.12. The maximum atomic E-state index is 12.9. The molecule has 0 aromatic carbocycles. The number of aromatic nitrogens is 1. The molecule has 0 saturated carbocycles. The molecule has 6 rings (SSSR count). The molecule has 1 aliphatic carbocycles. The second-order valence-electron chi connectivity index (χ2n) is 9.39. The molecule has 4 aliphatic rings. The number of carbonyl (C=O) groups is 1. The quantitative estimate of drug-likeness (QED) is 0.680. The van der Waals surface area contributed by atoms with E-state index >= 15 is 0 Å². The zero-order chi connectivity index (χ0) is 22.4. The van der Waals surface area contributed by atoms with Gasteiger partial charge in [-0.15, -0.1) is 0 Å². The second-order valence-corrected chi connectivity index (χ2v) is 10.2. The van der Waals surface area contributed by atoms with E-state index < -0.39 is 6.23 Å². The average molecular weight is 465 g/mol. The molecule has 2 N–H and O–H groups in total. The number of allylic oxidation sites excluding steroid dienone is 1. The summed E-state index contributed by atoms with van der Waals surface area (Å²) in [4.78, 5) is 21.6. The number of aliphatic hydroxyl groups is 1. The molecule has 4 unspecified atom stereocenters. The van der Waals surface area contributed by atoms with Crippen molar-refractivity contribution in [3.8, 4) is 0 Å². The van der Waals surface area contributed by atoms with Gasteiger partial charge in [-0.2, -0.15) is 11.3 Å². The molecule has 2 saturated heterocycles. The van der Waals surface area contributed by atoms with Crippen LogP contribution in [0.1, 0.15) is 23.1 Å². The highest BCUT2D eigenvalue weighted by molar-refractivity contribution is 7.08. The van der Waals surface area contributed by atoms with Crippen molar-refractivity contribution in [3.63, 3.8) is 0 Å². The Hall–Kier alpha value is -2.52. The number of nitrogens with one attached hydrogen (secondary N) is 1. The highest BCUT2D eigenvalue weighted by atomic mass is 32.1. The third kappa shape index (κ3) is 4.12. The summed E-state index contributed by atoms with van der Waals surface area (Å²) < 4.78 is 5.53. The molecule has 0 spiro atoms. The van der Waals surface area contributed by atoms with Crippen LogP contribution in [0.2, 0.25) is 0 Å². The molecule has 2 fully saturated rings. The van der Waals surface area contributed by atoms with Crippen molar-refractivity contribution >= 4 is 34.7 Å². The molecule has 2 aromatic rings. The molecule has 0 bridgehead atoms. The Morgan fingerprint density at radius 3 is 3.15 bits per heavy atom. The van der Waals surface area contributed by atoms with Crippen LogP contribution in [0.15, 0.2) is 41.2 Å². The first-order valence-electron chi connectivity index (χ1n) is 11.6. The van der Waals surface area contributed by atoms with Gasteiger partial charge >= 0.3 is 0 Å². The molecular formula is C25H28N4O3S. The zero-order valence-corrected chi connectivity index (χ0v) is 19.2. The summed E-state index contributed by atoms with van der Waals surface area (Å²) in [7, 11) is 0. The number of pyridine rings is 1. The number of rotatable bonds is 3. The number of thiophene rings is 1. The molecule has 4 atom stereocenters. The van der Waals surface area contributed by atoms with Crippen LogP contribution < -0.4 is 5.32 Å². The summed E-state index contributed by atoms with van der Waals surface area (Å²) in [5.41, 5.74) is 4.69. The molecule has 2 aromatic heterocycles. The topological polar surface area (TPSA) is 77.9 Å². The standard InChI is InChI=1S/C25H28N4O3S/c30-23(29-11-19-8-18(9-20(19)12-29)17-3-6-33-15-17)2-1-16-7-21-13-28-4-5-32-14-22(28)25(31)27-24(21)26-10-16/h1-3,6-8,10,15,19-20,22,25,31H,4-5,9,11-14H2,(H,26,27). The normalized spacial score (nSPS) is 29.2. The van der Waals surface area contributed by atoms with Crippen molar-refractivity contribution < 1.29 is 14.6 Å². The van der Waals surface area contributed by atoms with Crippen LogP contribution in [-0.2, 0) is 16.1 Å². The van der Waals surface area contributed by atoms with Gasteiger partial charge in [-0.1, -0.05) is 6.08 Å². The lowest BCUT2D eigenvalue weighted by Gasteiger charge is -2.35. The zero-order valence-electron chi connectivity index (χ0n) is 18.4. The number of amides is 1. The van der Waals surface area contributed by atoms with Gasteiger partial charge in [-0.05, 0) is 63.9 Å². The molecule has 172 valence electrons. The van der Waals surface area contributed by atoms with Gasteiger partial charge < -0.3 is 20.1 Å². The minimum atomic E-state index is -0.717. The van der Waals surface area contributed by atoms with Crippen LogP contribution in [0.4, 0.5) is 5.82 Å². The van der Waals surface area contributed by atoms with E-state index in [9.17, 15) is 9.90 Å². The number of likely N-dealkylation sites (tertiary alicyclic amines) is 1.